The van der Waals surface area contributed by atoms with Crippen LogP contribution in [0.2, 0.25) is 0 Å². The van der Waals surface area contributed by atoms with Crippen LogP contribution in [0.3, 0.4) is 0 Å². The predicted octanol–water partition coefficient (Wildman–Crippen LogP) is 3.91. The first-order chi connectivity index (χ1) is 10.8. The van der Waals surface area contributed by atoms with Gasteiger partial charge in [0, 0.05) is 18.6 Å². The Bertz CT molecular complexity index is 569. The molecule has 116 valence electrons. The fourth-order valence-corrected chi connectivity index (χ4v) is 2.94. The highest BCUT2D eigenvalue weighted by molar-refractivity contribution is 5.33. The smallest absolute Gasteiger partial charge is 0.0679 e. The molecule has 0 radical (unpaired) electrons. The van der Waals surface area contributed by atoms with E-state index >= 15 is 0 Å². The molecule has 0 spiro atoms. The molecule has 2 aromatic rings. The van der Waals surface area contributed by atoms with Crippen molar-refractivity contribution in [1.29, 1.82) is 0 Å². The molecule has 0 bridgehead atoms. The van der Waals surface area contributed by atoms with E-state index in [1.54, 1.807) is 0 Å². The topological polar surface area (TPSA) is 21.3 Å². The standard InChI is InChI=1S/C20H25NO/c1-20(18-11-6-3-7-12-18)15-19(20)22-14-8-13-21-16-17-9-4-2-5-10-17/h2-7,9-12,19,21H,8,13-16H2,1H3/t19-,20+/m0/s1. The molecule has 2 heteroatoms. The maximum Gasteiger partial charge on any atom is 0.0679 e. The summed E-state index contributed by atoms with van der Waals surface area (Å²) in [5.41, 5.74) is 2.98. The van der Waals surface area contributed by atoms with Gasteiger partial charge in [-0.3, -0.25) is 0 Å². The minimum absolute atomic E-state index is 0.235. The third-order valence-electron chi connectivity index (χ3n) is 4.58. The lowest BCUT2D eigenvalue weighted by Crippen LogP contribution is -2.17. The summed E-state index contributed by atoms with van der Waals surface area (Å²) in [4.78, 5) is 0. The lowest BCUT2D eigenvalue weighted by atomic mass is 9.98. The molecule has 0 amide bonds. The van der Waals surface area contributed by atoms with Crippen molar-refractivity contribution in [3.05, 3.63) is 71.8 Å². The summed E-state index contributed by atoms with van der Waals surface area (Å²) in [7, 11) is 0. The van der Waals surface area contributed by atoms with E-state index in [1.165, 1.54) is 11.1 Å². The van der Waals surface area contributed by atoms with Crippen LogP contribution in [0, 0.1) is 0 Å². The average molecular weight is 295 g/mol. The Balaban J connectivity index is 1.30. The van der Waals surface area contributed by atoms with Gasteiger partial charge in [0.15, 0.2) is 0 Å². The van der Waals surface area contributed by atoms with Crippen LogP contribution in [0.4, 0.5) is 0 Å². The first kappa shape index (κ1) is 15.3. The zero-order chi connectivity index (χ0) is 15.3. The lowest BCUT2D eigenvalue weighted by molar-refractivity contribution is 0.103. The van der Waals surface area contributed by atoms with Gasteiger partial charge < -0.3 is 10.1 Å². The fraction of sp³-hybridized carbons (Fsp3) is 0.400. The highest BCUT2D eigenvalue weighted by atomic mass is 16.5. The van der Waals surface area contributed by atoms with Crippen molar-refractivity contribution in [3.63, 3.8) is 0 Å². The van der Waals surface area contributed by atoms with Gasteiger partial charge in [0.25, 0.3) is 0 Å². The number of benzene rings is 2. The number of hydrogen-bond acceptors (Lipinski definition) is 2. The van der Waals surface area contributed by atoms with E-state index in [0.717, 1.165) is 32.5 Å². The van der Waals surface area contributed by atoms with Gasteiger partial charge >= 0.3 is 0 Å². The normalized spacial score (nSPS) is 23.4. The summed E-state index contributed by atoms with van der Waals surface area (Å²) in [6.07, 6.45) is 2.60. The van der Waals surface area contributed by atoms with E-state index in [9.17, 15) is 0 Å². The van der Waals surface area contributed by atoms with Gasteiger partial charge in [-0.25, -0.2) is 0 Å². The minimum atomic E-state index is 0.235. The molecule has 2 atom stereocenters. The van der Waals surface area contributed by atoms with Crippen LogP contribution in [0.5, 0.6) is 0 Å². The van der Waals surface area contributed by atoms with Crippen LogP contribution in [-0.4, -0.2) is 19.3 Å². The molecule has 3 rings (SSSR count). The molecule has 0 heterocycles. The molecule has 2 nitrogen and oxygen atoms in total. The molecule has 22 heavy (non-hydrogen) atoms. The third-order valence-corrected chi connectivity index (χ3v) is 4.58. The van der Waals surface area contributed by atoms with E-state index in [1.807, 2.05) is 0 Å². The molecule has 0 aliphatic heterocycles. The Morgan fingerprint density at radius 1 is 1.05 bits per heavy atom. The van der Waals surface area contributed by atoms with Gasteiger partial charge in [-0.15, -0.1) is 0 Å². The Morgan fingerprint density at radius 3 is 2.45 bits per heavy atom. The molecule has 0 aromatic heterocycles. The molecule has 1 aliphatic rings. The second-order valence-electron chi connectivity index (χ2n) is 6.36. The van der Waals surface area contributed by atoms with Crippen LogP contribution in [0.1, 0.15) is 30.9 Å². The second kappa shape index (κ2) is 7.08. The van der Waals surface area contributed by atoms with Crippen LogP contribution in [0.25, 0.3) is 0 Å². The van der Waals surface area contributed by atoms with Gasteiger partial charge in [0.05, 0.1) is 6.10 Å². The van der Waals surface area contributed by atoms with Crippen molar-refractivity contribution < 1.29 is 4.74 Å². The Morgan fingerprint density at radius 2 is 1.73 bits per heavy atom. The van der Waals surface area contributed by atoms with Crippen molar-refractivity contribution in [3.8, 4) is 0 Å². The fourth-order valence-electron chi connectivity index (χ4n) is 2.94. The summed E-state index contributed by atoms with van der Waals surface area (Å²) in [6, 6.07) is 21.2. The largest absolute Gasteiger partial charge is 0.377 e. The van der Waals surface area contributed by atoms with Crippen LogP contribution in [0.15, 0.2) is 60.7 Å². The number of rotatable bonds is 8. The number of hydrogen-bond donors (Lipinski definition) is 1. The van der Waals surface area contributed by atoms with Crippen molar-refractivity contribution in [1.82, 2.24) is 5.32 Å². The SMILES string of the molecule is C[C@]1(c2ccccc2)C[C@@H]1OCCCNCc1ccccc1. The maximum absolute atomic E-state index is 6.04. The van der Waals surface area contributed by atoms with Crippen LogP contribution < -0.4 is 5.32 Å². The first-order valence-electron chi connectivity index (χ1n) is 8.21. The van der Waals surface area contributed by atoms with Gasteiger partial charge in [-0.05, 0) is 30.5 Å². The molecule has 1 fully saturated rings. The van der Waals surface area contributed by atoms with E-state index in [0.29, 0.717) is 6.10 Å². The summed E-state index contributed by atoms with van der Waals surface area (Å²) in [5, 5.41) is 3.47. The van der Waals surface area contributed by atoms with Gasteiger partial charge in [0.1, 0.15) is 0 Å². The van der Waals surface area contributed by atoms with E-state index in [2.05, 4.69) is 72.9 Å². The highest BCUT2D eigenvalue weighted by Crippen LogP contribution is 2.49. The maximum atomic E-state index is 6.04. The van der Waals surface area contributed by atoms with Crippen molar-refractivity contribution in [2.75, 3.05) is 13.2 Å². The monoisotopic (exact) mass is 295 g/mol. The zero-order valence-electron chi connectivity index (χ0n) is 13.3. The van der Waals surface area contributed by atoms with Crippen LogP contribution in [-0.2, 0) is 16.7 Å². The van der Waals surface area contributed by atoms with Gasteiger partial charge in [-0.2, -0.15) is 0 Å². The molecule has 1 N–H and O–H groups in total. The molecule has 1 saturated carbocycles. The van der Waals surface area contributed by atoms with Crippen LogP contribution >= 0.6 is 0 Å². The molecular formula is C20H25NO. The first-order valence-corrected chi connectivity index (χ1v) is 8.21. The van der Waals surface area contributed by atoms with E-state index in [4.69, 9.17) is 4.74 Å². The average Bonchev–Trinajstić information content (AvgIpc) is 3.24. The van der Waals surface area contributed by atoms with Gasteiger partial charge in [0.2, 0.25) is 0 Å². The predicted molar refractivity (Wildman–Crippen MR) is 90.9 cm³/mol. The summed E-state index contributed by atoms with van der Waals surface area (Å²) in [6.45, 7) is 5.09. The Labute approximate surface area is 133 Å². The zero-order valence-corrected chi connectivity index (χ0v) is 13.3. The van der Waals surface area contributed by atoms with Crippen molar-refractivity contribution in [2.45, 2.75) is 37.8 Å². The van der Waals surface area contributed by atoms with E-state index in [-0.39, 0.29) is 5.41 Å². The lowest BCUT2D eigenvalue weighted by Gasteiger charge is -2.12. The quantitative estimate of drug-likeness (QED) is 0.745. The number of ether oxygens (including phenoxy) is 1. The van der Waals surface area contributed by atoms with Gasteiger partial charge in [-0.1, -0.05) is 67.6 Å². The summed E-state index contributed by atoms with van der Waals surface area (Å²) >= 11 is 0. The Kier molecular flexibility index (Phi) is 4.91. The van der Waals surface area contributed by atoms with Crippen molar-refractivity contribution >= 4 is 0 Å². The highest BCUT2D eigenvalue weighted by Gasteiger charge is 2.52. The van der Waals surface area contributed by atoms with E-state index < -0.39 is 0 Å². The number of nitrogens with one attached hydrogen (secondary N) is 1. The molecule has 0 saturated heterocycles. The molecule has 2 aromatic carbocycles. The minimum Gasteiger partial charge on any atom is -0.377 e. The third kappa shape index (κ3) is 3.76. The Hall–Kier alpha value is -1.64. The molecular weight excluding hydrogens is 270 g/mol. The summed E-state index contributed by atoms with van der Waals surface area (Å²) in [5.74, 6) is 0. The second-order valence-corrected chi connectivity index (χ2v) is 6.36. The molecule has 1 aliphatic carbocycles. The summed E-state index contributed by atoms with van der Waals surface area (Å²) < 4.78 is 6.04. The molecule has 0 unspecified atom stereocenters. The van der Waals surface area contributed by atoms with Crippen molar-refractivity contribution in [2.24, 2.45) is 0 Å².